The topological polar surface area (TPSA) is 30.3 Å². The number of aromatic nitrogens is 2. The van der Waals surface area contributed by atoms with Crippen LogP contribution in [0.25, 0.3) is 0 Å². The van der Waals surface area contributed by atoms with Gasteiger partial charge in [0.1, 0.15) is 0 Å². The lowest BCUT2D eigenvalue weighted by atomic mass is 10.0. The molecule has 0 unspecified atom stereocenters. The van der Waals surface area contributed by atoms with Crippen molar-refractivity contribution < 1.29 is 4.74 Å². The molecule has 0 aliphatic carbocycles. The zero-order chi connectivity index (χ0) is 13.3. The molecule has 0 amide bonds. The molecule has 0 saturated carbocycles. The van der Waals surface area contributed by atoms with Crippen LogP contribution in [0, 0.1) is 6.92 Å². The van der Waals surface area contributed by atoms with Crippen molar-refractivity contribution >= 4 is 15.9 Å². The normalized spacial score (nSPS) is 20.3. The Labute approximate surface area is 117 Å². The monoisotopic (exact) mass is 315 g/mol. The highest BCUT2D eigenvalue weighted by molar-refractivity contribution is 9.10. The van der Waals surface area contributed by atoms with Gasteiger partial charge in [-0.2, -0.15) is 5.10 Å². The van der Waals surface area contributed by atoms with E-state index in [0.29, 0.717) is 0 Å². The van der Waals surface area contributed by atoms with E-state index in [0.717, 1.165) is 43.0 Å². The van der Waals surface area contributed by atoms with E-state index >= 15 is 0 Å². The molecule has 1 aliphatic rings. The number of halogens is 1. The van der Waals surface area contributed by atoms with Crippen molar-refractivity contribution in [1.82, 2.24) is 14.7 Å². The van der Waals surface area contributed by atoms with Crippen LogP contribution in [0.5, 0.6) is 0 Å². The minimum Gasteiger partial charge on any atom is -0.378 e. The lowest BCUT2D eigenvalue weighted by Gasteiger charge is -2.42. The van der Waals surface area contributed by atoms with Gasteiger partial charge in [0, 0.05) is 25.2 Å². The molecule has 0 bridgehead atoms. The molecule has 0 atom stereocenters. The van der Waals surface area contributed by atoms with Gasteiger partial charge in [-0.1, -0.05) is 0 Å². The molecule has 0 spiro atoms. The molecule has 1 aromatic heterocycles. The summed E-state index contributed by atoms with van der Waals surface area (Å²) < 4.78 is 8.80. The van der Waals surface area contributed by atoms with Crippen LogP contribution in [0.2, 0.25) is 0 Å². The molecular formula is C13H22BrN3O. The Balaban J connectivity index is 2.23. The Bertz CT molecular complexity index is 428. The second kappa shape index (κ2) is 5.31. The Morgan fingerprint density at radius 3 is 2.78 bits per heavy atom. The smallest absolute Gasteiger partial charge is 0.0739 e. The highest BCUT2D eigenvalue weighted by atomic mass is 79.9. The quantitative estimate of drug-likeness (QED) is 0.859. The standard InChI is InChI=1S/C13H22BrN3O/c1-5-17-11(12(14)10(2)15-17)8-16-6-7-18-9-13(16,3)4/h5-9H2,1-4H3. The van der Waals surface area contributed by atoms with Gasteiger partial charge in [0.05, 0.1) is 29.1 Å². The number of ether oxygens (including phenoxy) is 1. The summed E-state index contributed by atoms with van der Waals surface area (Å²) in [5.74, 6) is 0. The van der Waals surface area contributed by atoms with E-state index in [1.165, 1.54) is 5.69 Å². The summed E-state index contributed by atoms with van der Waals surface area (Å²) in [5.41, 5.74) is 2.43. The molecule has 0 aromatic carbocycles. The molecule has 0 N–H and O–H groups in total. The van der Waals surface area contributed by atoms with Crippen LogP contribution in [0.4, 0.5) is 0 Å². The zero-order valence-electron chi connectivity index (χ0n) is 11.7. The first-order valence-electron chi connectivity index (χ1n) is 6.50. The number of rotatable bonds is 3. The molecule has 2 rings (SSSR count). The maximum absolute atomic E-state index is 5.57. The third-order valence-electron chi connectivity index (χ3n) is 3.61. The number of morpholine rings is 1. The molecule has 4 nitrogen and oxygen atoms in total. The fraction of sp³-hybridized carbons (Fsp3) is 0.769. The van der Waals surface area contributed by atoms with Crippen LogP contribution < -0.4 is 0 Å². The van der Waals surface area contributed by atoms with E-state index < -0.39 is 0 Å². The van der Waals surface area contributed by atoms with Crippen LogP contribution in [-0.2, 0) is 17.8 Å². The third-order valence-corrected chi connectivity index (χ3v) is 4.64. The summed E-state index contributed by atoms with van der Waals surface area (Å²) in [4.78, 5) is 2.48. The van der Waals surface area contributed by atoms with Gasteiger partial charge < -0.3 is 4.74 Å². The molecule has 1 saturated heterocycles. The van der Waals surface area contributed by atoms with Crippen LogP contribution >= 0.6 is 15.9 Å². The van der Waals surface area contributed by atoms with Crippen molar-refractivity contribution in [2.45, 2.75) is 46.3 Å². The van der Waals surface area contributed by atoms with Crippen molar-refractivity contribution in [2.24, 2.45) is 0 Å². The predicted molar refractivity (Wildman–Crippen MR) is 75.6 cm³/mol. The lowest BCUT2D eigenvalue weighted by Crippen LogP contribution is -2.52. The SMILES string of the molecule is CCn1nc(C)c(Br)c1CN1CCOCC1(C)C. The first-order valence-corrected chi connectivity index (χ1v) is 7.29. The fourth-order valence-electron chi connectivity index (χ4n) is 2.38. The largest absolute Gasteiger partial charge is 0.378 e. The summed E-state index contributed by atoms with van der Waals surface area (Å²) in [6.45, 7) is 13.1. The van der Waals surface area contributed by atoms with Crippen molar-refractivity contribution in [3.8, 4) is 0 Å². The summed E-state index contributed by atoms with van der Waals surface area (Å²) in [6.07, 6.45) is 0. The molecule has 102 valence electrons. The molecule has 0 radical (unpaired) electrons. The molecule has 2 heterocycles. The fourth-order valence-corrected chi connectivity index (χ4v) is 2.79. The minimum atomic E-state index is 0.0917. The number of nitrogens with zero attached hydrogens (tertiary/aromatic N) is 3. The minimum absolute atomic E-state index is 0.0917. The van der Waals surface area contributed by atoms with Crippen molar-refractivity contribution in [1.29, 1.82) is 0 Å². The van der Waals surface area contributed by atoms with E-state index in [1.807, 2.05) is 6.92 Å². The van der Waals surface area contributed by atoms with Crippen LogP contribution in [0.3, 0.4) is 0 Å². The Morgan fingerprint density at radius 2 is 2.17 bits per heavy atom. The van der Waals surface area contributed by atoms with Gasteiger partial charge in [0.2, 0.25) is 0 Å². The summed E-state index contributed by atoms with van der Waals surface area (Å²) in [5, 5.41) is 4.55. The molecule has 5 heteroatoms. The summed E-state index contributed by atoms with van der Waals surface area (Å²) >= 11 is 3.66. The molecule has 18 heavy (non-hydrogen) atoms. The first-order chi connectivity index (χ1) is 8.45. The second-order valence-electron chi connectivity index (χ2n) is 5.45. The van der Waals surface area contributed by atoms with Gasteiger partial charge in [-0.15, -0.1) is 0 Å². The number of hydrogen-bond donors (Lipinski definition) is 0. The molecule has 1 fully saturated rings. The average Bonchev–Trinajstić information content (AvgIpc) is 2.59. The van der Waals surface area contributed by atoms with Crippen molar-refractivity contribution in [3.63, 3.8) is 0 Å². The molecule has 1 aliphatic heterocycles. The Hall–Kier alpha value is -0.390. The van der Waals surface area contributed by atoms with Crippen LogP contribution in [0.15, 0.2) is 4.47 Å². The first kappa shape index (κ1) is 14.0. The van der Waals surface area contributed by atoms with Gasteiger partial charge >= 0.3 is 0 Å². The third kappa shape index (κ3) is 2.63. The van der Waals surface area contributed by atoms with Gasteiger partial charge in [0.25, 0.3) is 0 Å². The van der Waals surface area contributed by atoms with Crippen LogP contribution in [-0.4, -0.2) is 40.0 Å². The van der Waals surface area contributed by atoms with Gasteiger partial charge in [-0.25, -0.2) is 0 Å². The summed E-state index contributed by atoms with van der Waals surface area (Å²) in [6, 6.07) is 0. The van der Waals surface area contributed by atoms with E-state index in [4.69, 9.17) is 4.74 Å². The Kier molecular flexibility index (Phi) is 4.14. The van der Waals surface area contributed by atoms with Crippen molar-refractivity contribution in [2.75, 3.05) is 19.8 Å². The van der Waals surface area contributed by atoms with E-state index in [9.17, 15) is 0 Å². The maximum atomic E-state index is 5.57. The molecule has 1 aromatic rings. The summed E-state index contributed by atoms with van der Waals surface area (Å²) in [7, 11) is 0. The Morgan fingerprint density at radius 1 is 1.44 bits per heavy atom. The van der Waals surface area contributed by atoms with E-state index in [-0.39, 0.29) is 5.54 Å². The highest BCUT2D eigenvalue weighted by Crippen LogP contribution is 2.27. The lowest BCUT2D eigenvalue weighted by molar-refractivity contribution is -0.0563. The van der Waals surface area contributed by atoms with E-state index in [2.05, 4.69) is 51.4 Å². The second-order valence-corrected chi connectivity index (χ2v) is 6.24. The zero-order valence-corrected chi connectivity index (χ0v) is 13.2. The van der Waals surface area contributed by atoms with Crippen molar-refractivity contribution in [3.05, 3.63) is 15.9 Å². The maximum Gasteiger partial charge on any atom is 0.0739 e. The average molecular weight is 316 g/mol. The van der Waals surface area contributed by atoms with Crippen LogP contribution in [0.1, 0.15) is 32.2 Å². The predicted octanol–water partition coefficient (Wildman–Crippen LogP) is 2.58. The molecular weight excluding hydrogens is 294 g/mol. The van der Waals surface area contributed by atoms with E-state index in [1.54, 1.807) is 0 Å². The number of aryl methyl sites for hydroxylation is 2. The number of hydrogen-bond acceptors (Lipinski definition) is 3. The van der Waals surface area contributed by atoms with Gasteiger partial charge in [-0.3, -0.25) is 9.58 Å². The van der Waals surface area contributed by atoms with Gasteiger partial charge in [-0.05, 0) is 43.6 Å². The van der Waals surface area contributed by atoms with Gasteiger partial charge in [0.15, 0.2) is 0 Å². The highest BCUT2D eigenvalue weighted by Gasteiger charge is 2.31.